The van der Waals surface area contributed by atoms with Crippen LogP contribution < -0.4 is 11.1 Å². The number of rotatable bonds is 6. The van der Waals surface area contributed by atoms with Crippen molar-refractivity contribution in [3.63, 3.8) is 0 Å². The largest absolute Gasteiger partial charge is 0.411 e. The molecule has 23 heavy (non-hydrogen) atoms. The van der Waals surface area contributed by atoms with Gasteiger partial charge in [-0.05, 0) is 31.9 Å². The molecule has 0 aliphatic rings. The number of hydrogen-bond acceptors (Lipinski definition) is 6. The fourth-order valence-corrected chi connectivity index (χ4v) is 2.72. The maximum atomic E-state index is 11.2. The van der Waals surface area contributed by atoms with E-state index in [0.29, 0.717) is 23.3 Å². The maximum absolute atomic E-state index is 11.2. The van der Waals surface area contributed by atoms with Crippen molar-refractivity contribution >= 4 is 23.7 Å². The van der Waals surface area contributed by atoms with Crippen LogP contribution in [0.5, 0.6) is 0 Å². The highest BCUT2D eigenvalue weighted by atomic mass is 32.2. The number of nitrogens with zero attached hydrogens (tertiary/aromatic N) is 2. The number of carbonyl (C=O) groups excluding carboxylic acids is 2. The molecular formula is C15H18N4O3S. The van der Waals surface area contributed by atoms with Crippen molar-refractivity contribution < 1.29 is 14.0 Å². The van der Waals surface area contributed by atoms with E-state index < -0.39 is 6.03 Å². The van der Waals surface area contributed by atoms with Gasteiger partial charge in [0.15, 0.2) is 0 Å². The zero-order valence-electron chi connectivity index (χ0n) is 13.0. The number of aromatic nitrogens is 2. The first kappa shape index (κ1) is 17.0. The van der Waals surface area contributed by atoms with Crippen LogP contribution in [0, 0.1) is 13.8 Å². The summed E-state index contributed by atoms with van der Waals surface area (Å²) in [4.78, 5) is 21.7. The van der Waals surface area contributed by atoms with Gasteiger partial charge in [-0.3, -0.25) is 10.1 Å². The Bertz CT molecular complexity index is 714. The summed E-state index contributed by atoms with van der Waals surface area (Å²) in [6.07, 6.45) is 0.791. The van der Waals surface area contributed by atoms with Gasteiger partial charge in [0.1, 0.15) is 0 Å². The lowest BCUT2D eigenvalue weighted by Crippen LogP contribution is -2.34. The Kier molecular flexibility index (Phi) is 5.75. The Balaban J connectivity index is 1.85. The molecule has 2 aromatic rings. The van der Waals surface area contributed by atoms with Gasteiger partial charge < -0.3 is 10.2 Å². The van der Waals surface area contributed by atoms with Crippen molar-refractivity contribution in [1.29, 1.82) is 0 Å². The van der Waals surface area contributed by atoms with Crippen molar-refractivity contribution in [3.8, 4) is 11.5 Å². The lowest BCUT2D eigenvalue weighted by Gasteiger charge is -2.01. The van der Waals surface area contributed by atoms with E-state index in [0.717, 1.165) is 11.1 Å². The quantitative estimate of drug-likeness (QED) is 0.620. The van der Waals surface area contributed by atoms with E-state index in [-0.39, 0.29) is 12.3 Å². The van der Waals surface area contributed by atoms with E-state index in [9.17, 15) is 9.59 Å². The van der Waals surface area contributed by atoms with Crippen LogP contribution in [0.15, 0.2) is 27.8 Å². The second-order valence-corrected chi connectivity index (χ2v) is 6.10. The fraction of sp³-hybridized carbons (Fsp3) is 0.333. The Morgan fingerprint density at radius 3 is 2.78 bits per heavy atom. The lowest BCUT2D eigenvalue weighted by molar-refractivity contribution is -0.119. The average Bonchev–Trinajstić information content (AvgIpc) is 2.91. The van der Waals surface area contributed by atoms with Gasteiger partial charge in [-0.25, -0.2) is 4.79 Å². The molecule has 0 saturated carbocycles. The molecule has 3 N–H and O–H groups in total. The van der Waals surface area contributed by atoms with Crippen LogP contribution in [-0.4, -0.2) is 27.9 Å². The van der Waals surface area contributed by atoms with Gasteiger partial charge in [0.05, 0.1) is 0 Å². The molecule has 1 heterocycles. The standard InChI is InChI=1S/C15H18N4O3S/c1-9-5-6-11(10(2)8-9)13-18-19-15(22-13)23-7-3-4-12(20)17-14(16)21/h5-6,8H,3-4,7H2,1-2H3,(H3,16,17,20,21). The van der Waals surface area contributed by atoms with E-state index in [2.05, 4.69) is 16.3 Å². The molecule has 1 aromatic carbocycles. The molecule has 0 unspecified atom stereocenters. The topological polar surface area (TPSA) is 111 Å². The monoisotopic (exact) mass is 334 g/mol. The fourth-order valence-electron chi connectivity index (χ4n) is 2.02. The number of imide groups is 1. The van der Waals surface area contributed by atoms with Crippen LogP contribution in [0.1, 0.15) is 24.0 Å². The van der Waals surface area contributed by atoms with Crippen LogP contribution in [0.4, 0.5) is 4.79 Å². The molecule has 0 saturated heterocycles. The average molecular weight is 334 g/mol. The predicted octanol–water partition coefficient (Wildman–Crippen LogP) is 2.42. The number of hydrogen-bond donors (Lipinski definition) is 2. The van der Waals surface area contributed by atoms with Gasteiger partial charge in [-0.2, -0.15) is 0 Å². The normalized spacial score (nSPS) is 10.5. The summed E-state index contributed by atoms with van der Waals surface area (Å²) in [6, 6.07) is 5.18. The SMILES string of the molecule is Cc1ccc(-c2nnc(SCCCC(=O)NC(N)=O)o2)c(C)c1. The Hall–Kier alpha value is -2.35. The van der Waals surface area contributed by atoms with Crippen LogP contribution >= 0.6 is 11.8 Å². The molecule has 122 valence electrons. The first-order valence-electron chi connectivity index (χ1n) is 7.09. The predicted molar refractivity (Wildman–Crippen MR) is 86.9 cm³/mol. The van der Waals surface area contributed by atoms with Crippen molar-refractivity contribution in [3.05, 3.63) is 29.3 Å². The number of nitrogens with one attached hydrogen (secondary N) is 1. The highest BCUT2D eigenvalue weighted by Crippen LogP contribution is 2.26. The Morgan fingerprint density at radius 1 is 1.30 bits per heavy atom. The summed E-state index contributed by atoms with van der Waals surface area (Å²) in [6.45, 7) is 4.02. The Labute approximate surface area is 138 Å². The molecule has 0 radical (unpaired) electrons. The minimum absolute atomic E-state index is 0.216. The summed E-state index contributed by atoms with van der Waals surface area (Å²) in [5.41, 5.74) is 8.02. The molecule has 0 atom stereocenters. The summed E-state index contributed by atoms with van der Waals surface area (Å²) in [5, 5.41) is 10.5. The van der Waals surface area contributed by atoms with Crippen molar-refractivity contribution in [2.45, 2.75) is 31.9 Å². The highest BCUT2D eigenvalue weighted by molar-refractivity contribution is 7.99. The minimum Gasteiger partial charge on any atom is -0.411 e. The van der Waals surface area contributed by atoms with Gasteiger partial charge in [-0.15, -0.1) is 10.2 Å². The van der Waals surface area contributed by atoms with E-state index in [1.54, 1.807) is 0 Å². The molecule has 1 aromatic heterocycles. The molecule has 2 rings (SSSR count). The summed E-state index contributed by atoms with van der Waals surface area (Å²) in [7, 11) is 0. The third-order valence-corrected chi connectivity index (χ3v) is 3.96. The molecule has 0 fully saturated rings. The molecule has 8 heteroatoms. The lowest BCUT2D eigenvalue weighted by atomic mass is 10.1. The van der Waals surface area contributed by atoms with Crippen LogP contribution in [0.3, 0.4) is 0 Å². The zero-order chi connectivity index (χ0) is 16.8. The number of thioether (sulfide) groups is 1. The summed E-state index contributed by atoms with van der Waals surface area (Å²) < 4.78 is 5.63. The number of aryl methyl sites for hydroxylation is 2. The van der Waals surface area contributed by atoms with Gasteiger partial charge >= 0.3 is 6.03 Å². The van der Waals surface area contributed by atoms with Gasteiger partial charge in [-0.1, -0.05) is 29.5 Å². The van der Waals surface area contributed by atoms with Crippen LogP contribution in [0.25, 0.3) is 11.5 Å². The highest BCUT2D eigenvalue weighted by Gasteiger charge is 2.11. The maximum Gasteiger partial charge on any atom is 0.318 e. The van der Waals surface area contributed by atoms with Gasteiger partial charge in [0.2, 0.25) is 11.8 Å². The molecular weight excluding hydrogens is 316 g/mol. The Morgan fingerprint density at radius 2 is 2.09 bits per heavy atom. The second kappa shape index (κ2) is 7.77. The summed E-state index contributed by atoms with van der Waals surface area (Å²) >= 11 is 1.37. The van der Waals surface area contributed by atoms with Crippen molar-refractivity contribution in [2.24, 2.45) is 5.73 Å². The van der Waals surface area contributed by atoms with Gasteiger partial charge in [0, 0.05) is 17.7 Å². The minimum atomic E-state index is -0.835. The van der Waals surface area contributed by atoms with E-state index in [1.165, 1.54) is 17.3 Å². The van der Waals surface area contributed by atoms with Crippen LogP contribution in [0.2, 0.25) is 0 Å². The number of urea groups is 1. The third kappa shape index (κ3) is 5.10. The smallest absolute Gasteiger partial charge is 0.318 e. The number of benzene rings is 1. The van der Waals surface area contributed by atoms with Crippen molar-refractivity contribution in [2.75, 3.05) is 5.75 Å². The summed E-state index contributed by atoms with van der Waals surface area (Å²) in [5.74, 6) is 0.719. The molecule has 0 spiro atoms. The molecule has 7 nitrogen and oxygen atoms in total. The molecule has 3 amide bonds. The number of primary amides is 1. The third-order valence-electron chi connectivity index (χ3n) is 3.06. The van der Waals surface area contributed by atoms with Crippen LogP contribution in [-0.2, 0) is 4.79 Å². The number of amides is 3. The first-order chi connectivity index (χ1) is 11.0. The van der Waals surface area contributed by atoms with E-state index in [1.807, 2.05) is 31.3 Å². The van der Waals surface area contributed by atoms with Gasteiger partial charge in [0.25, 0.3) is 5.22 Å². The van der Waals surface area contributed by atoms with E-state index in [4.69, 9.17) is 10.2 Å². The molecule has 0 bridgehead atoms. The molecule has 0 aliphatic carbocycles. The van der Waals surface area contributed by atoms with E-state index >= 15 is 0 Å². The number of nitrogens with two attached hydrogens (primary N) is 1. The molecule has 0 aliphatic heterocycles. The first-order valence-corrected chi connectivity index (χ1v) is 8.07. The second-order valence-electron chi connectivity index (χ2n) is 5.06. The number of carbonyl (C=O) groups is 2. The zero-order valence-corrected chi connectivity index (χ0v) is 13.8. The van der Waals surface area contributed by atoms with Crippen molar-refractivity contribution in [1.82, 2.24) is 15.5 Å².